The average Bonchev–Trinajstić information content (AvgIpc) is 2.37. The summed E-state index contributed by atoms with van der Waals surface area (Å²) in [4.78, 5) is 24.4. The van der Waals surface area contributed by atoms with Crippen molar-refractivity contribution in [1.29, 1.82) is 0 Å². The number of hydrogen-bond donors (Lipinski definition) is 2. The molecule has 0 aromatic heterocycles. The van der Waals surface area contributed by atoms with E-state index in [1.807, 2.05) is 6.92 Å². The van der Waals surface area contributed by atoms with E-state index in [4.69, 9.17) is 10.8 Å². The van der Waals surface area contributed by atoms with Crippen LogP contribution >= 0.6 is 0 Å². The minimum absolute atomic E-state index is 0.0945. The number of anilines is 1. The number of aromatic carboxylic acids is 1. The Bertz CT molecular complexity index is 446. The van der Waals surface area contributed by atoms with Crippen LogP contribution in [0.4, 0.5) is 5.69 Å². The van der Waals surface area contributed by atoms with Gasteiger partial charge in [-0.2, -0.15) is 0 Å². The van der Waals surface area contributed by atoms with E-state index in [1.165, 1.54) is 11.0 Å². The van der Waals surface area contributed by atoms with Gasteiger partial charge in [0, 0.05) is 7.05 Å². The molecule has 1 aromatic carbocycles. The van der Waals surface area contributed by atoms with Gasteiger partial charge < -0.3 is 15.7 Å². The van der Waals surface area contributed by atoms with Crippen molar-refractivity contribution in [3.05, 3.63) is 29.8 Å². The monoisotopic (exact) mass is 250 g/mol. The predicted octanol–water partition coefficient (Wildman–Crippen LogP) is 1.47. The van der Waals surface area contributed by atoms with E-state index in [9.17, 15) is 9.59 Å². The lowest BCUT2D eigenvalue weighted by molar-refractivity contribution is -0.119. The average molecular weight is 250 g/mol. The molecule has 1 amide bonds. The third-order valence-corrected chi connectivity index (χ3v) is 2.74. The standard InChI is InChI=1S/C13H18N2O3/c1-3-6-10(14)12(16)15(2)11-8-5-4-7-9(11)13(17)18/h4-5,7-8,10H,3,6,14H2,1-2H3,(H,17,18). The molecule has 1 atom stereocenters. The SMILES string of the molecule is CCCC(N)C(=O)N(C)c1ccccc1C(=O)O. The molecule has 5 heteroatoms. The molecule has 0 heterocycles. The number of amides is 1. The van der Waals surface area contributed by atoms with Crippen molar-refractivity contribution in [3.8, 4) is 0 Å². The Labute approximate surface area is 106 Å². The number of nitrogens with two attached hydrogens (primary N) is 1. The summed E-state index contributed by atoms with van der Waals surface area (Å²) in [6, 6.07) is 5.78. The molecule has 0 bridgehead atoms. The second-order valence-electron chi connectivity index (χ2n) is 4.11. The summed E-state index contributed by atoms with van der Waals surface area (Å²) in [6.45, 7) is 1.94. The first kappa shape index (κ1) is 14.2. The second-order valence-corrected chi connectivity index (χ2v) is 4.11. The molecule has 18 heavy (non-hydrogen) atoms. The number of carbonyl (C=O) groups is 2. The minimum Gasteiger partial charge on any atom is -0.478 e. The van der Waals surface area contributed by atoms with Crippen molar-refractivity contribution in [2.45, 2.75) is 25.8 Å². The van der Waals surface area contributed by atoms with Crippen LogP contribution in [0.1, 0.15) is 30.1 Å². The molecule has 0 fully saturated rings. The van der Waals surface area contributed by atoms with Gasteiger partial charge in [-0.3, -0.25) is 4.79 Å². The molecule has 0 radical (unpaired) electrons. The third kappa shape index (κ3) is 3.07. The number of carboxylic acid groups (broad SMARTS) is 1. The first-order valence-electron chi connectivity index (χ1n) is 5.84. The van der Waals surface area contributed by atoms with Gasteiger partial charge in [0.25, 0.3) is 0 Å². The number of likely N-dealkylation sites (N-methyl/N-ethyl adjacent to an activating group) is 1. The number of benzene rings is 1. The lowest BCUT2D eigenvalue weighted by Crippen LogP contribution is -2.42. The van der Waals surface area contributed by atoms with E-state index in [0.29, 0.717) is 12.1 Å². The molecular weight excluding hydrogens is 232 g/mol. The molecule has 0 saturated heterocycles. The van der Waals surface area contributed by atoms with Crippen LogP contribution in [0.25, 0.3) is 0 Å². The molecule has 0 saturated carbocycles. The van der Waals surface area contributed by atoms with Gasteiger partial charge in [-0.25, -0.2) is 4.79 Å². The summed E-state index contributed by atoms with van der Waals surface area (Å²) in [5.41, 5.74) is 6.21. The van der Waals surface area contributed by atoms with Crippen molar-refractivity contribution in [1.82, 2.24) is 0 Å². The highest BCUT2D eigenvalue weighted by molar-refractivity contribution is 6.03. The van der Waals surface area contributed by atoms with Crippen LogP contribution in [0.5, 0.6) is 0 Å². The summed E-state index contributed by atoms with van der Waals surface area (Å²) in [5, 5.41) is 9.07. The zero-order valence-electron chi connectivity index (χ0n) is 10.6. The first-order chi connectivity index (χ1) is 8.49. The van der Waals surface area contributed by atoms with E-state index < -0.39 is 12.0 Å². The Morgan fingerprint density at radius 3 is 2.56 bits per heavy atom. The van der Waals surface area contributed by atoms with Crippen LogP contribution in [0.15, 0.2) is 24.3 Å². The lowest BCUT2D eigenvalue weighted by Gasteiger charge is -2.22. The molecule has 0 aliphatic rings. The molecule has 0 aliphatic heterocycles. The van der Waals surface area contributed by atoms with Gasteiger partial charge in [0.05, 0.1) is 17.3 Å². The number of rotatable bonds is 5. The van der Waals surface area contributed by atoms with Crippen LogP contribution in [0, 0.1) is 0 Å². The number of nitrogens with zero attached hydrogens (tertiary/aromatic N) is 1. The smallest absolute Gasteiger partial charge is 0.337 e. The fraction of sp³-hybridized carbons (Fsp3) is 0.385. The maximum absolute atomic E-state index is 12.0. The minimum atomic E-state index is -1.06. The lowest BCUT2D eigenvalue weighted by atomic mass is 10.1. The van der Waals surface area contributed by atoms with E-state index in [2.05, 4.69) is 0 Å². The molecule has 98 valence electrons. The Hall–Kier alpha value is -1.88. The number of carboxylic acids is 1. The van der Waals surface area contributed by atoms with E-state index in [0.717, 1.165) is 6.42 Å². The zero-order chi connectivity index (χ0) is 13.7. The third-order valence-electron chi connectivity index (χ3n) is 2.74. The van der Waals surface area contributed by atoms with E-state index in [-0.39, 0.29) is 11.5 Å². The second kappa shape index (κ2) is 6.16. The summed E-state index contributed by atoms with van der Waals surface area (Å²) in [6.07, 6.45) is 1.39. The van der Waals surface area contributed by atoms with Gasteiger partial charge in [-0.15, -0.1) is 0 Å². The highest BCUT2D eigenvalue weighted by Crippen LogP contribution is 2.20. The Kier molecular flexibility index (Phi) is 4.85. The van der Waals surface area contributed by atoms with Crippen LogP contribution in [0.3, 0.4) is 0 Å². The van der Waals surface area contributed by atoms with Gasteiger partial charge in [-0.05, 0) is 18.6 Å². The summed E-state index contributed by atoms with van der Waals surface area (Å²) in [5.74, 6) is -1.33. The Morgan fingerprint density at radius 2 is 2.00 bits per heavy atom. The molecule has 5 nitrogen and oxygen atoms in total. The maximum Gasteiger partial charge on any atom is 0.337 e. The molecule has 3 N–H and O–H groups in total. The van der Waals surface area contributed by atoms with Crippen molar-refractivity contribution >= 4 is 17.6 Å². The Balaban J connectivity index is 3.00. The zero-order valence-corrected chi connectivity index (χ0v) is 10.6. The van der Waals surface area contributed by atoms with Gasteiger partial charge in [0.1, 0.15) is 0 Å². The quantitative estimate of drug-likeness (QED) is 0.829. The molecule has 1 rings (SSSR count). The Morgan fingerprint density at radius 1 is 1.39 bits per heavy atom. The number of hydrogen-bond acceptors (Lipinski definition) is 3. The van der Waals surface area contributed by atoms with Crippen LogP contribution in [-0.2, 0) is 4.79 Å². The molecule has 1 aromatic rings. The fourth-order valence-corrected chi connectivity index (χ4v) is 1.75. The van der Waals surface area contributed by atoms with Crippen molar-refractivity contribution in [3.63, 3.8) is 0 Å². The van der Waals surface area contributed by atoms with Crippen LogP contribution < -0.4 is 10.6 Å². The van der Waals surface area contributed by atoms with Crippen molar-refractivity contribution < 1.29 is 14.7 Å². The van der Waals surface area contributed by atoms with E-state index >= 15 is 0 Å². The van der Waals surface area contributed by atoms with Gasteiger partial charge in [0.2, 0.25) is 5.91 Å². The summed E-state index contributed by atoms with van der Waals surface area (Å²) in [7, 11) is 1.54. The first-order valence-corrected chi connectivity index (χ1v) is 5.84. The van der Waals surface area contributed by atoms with Gasteiger partial charge >= 0.3 is 5.97 Å². The van der Waals surface area contributed by atoms with Gasteiger partial charge in [0.15, 0.2) is 0 Å². The fourth-order valence-electron chi connectivity index (χ4n) is 1.75. The van der Waals surface area contributed by atoms with Crippen molar-refractivity contribution in [2.24, 2.45) is 5.73 Å². The molecular formula is C13H18N2O3. The normalized spacial score (nSPS) is 11.9. The summed E-state index contributed by atoms with van der Waals surface area (Å²) >= 11 is 0. The largest absolute Gasteiger partial charge is 0.478 e. The summed E-state index contributed by atoms with van der Waals surface area (Å²) < 4.78 is 0. The number of para-hydroxylation sites is 1. The van der Waals surface area contributed by atoms with Gasteiger partial charge in [-0.1, -0.05) is 25.5 Å². The van der Waals surface area contributed by atoms with Crippen LogP contribution in [-0.4, -0.2) is 30.1 Å². The highest BCUT2D eigenvalue weighted by atomic mass is 16.4. The van der Waals surface area contributed by atoms with Crippen LogP contribution in [0.2, 0.25) is 0 Å². The number of carbonyl (C=O) groups excluding carboxylic acids is 1. The maximum atomic E-state index is 12.0. The van der Waals surface area contributed by atoms with E-state index in [1.54, 1.807) is 25.2 Å². The molecule has 0 spiro atoms. The topological polar surface area (TPSA) is 83.6 Å². The highest BCUT2D eigenvalue weighted by Gasteiger charge is 2.21. The molecule has 1 unspecified atom stereocenters. The van der Waals surface area contributed by atoms with Crippen molar-refractivity contribution in [2.75, 3.05) is 11.9 Å². The predicted molar refractivity (Wildman–Crippen MR) is 69.7 cm³/mol. The molecule has 0 aliphatic carbocycles.